The van der Waals surface area contributed by atoms with Crippen LogP contribution in [0.4, 0.5) is 5.69 Å². The molecule has 0 radical (unpaired) electrons. The molecule has 0 bridgehead atoms. The van der Waals surface area contributed by atoms with E-state index in [4.69, 9.17) is 4.74 Å². The number of hydrogen-bond donors (Lipinski definition) is 1. The number of benzene rings is 2. The Labute approximate surface area is 124 Å². The Morgan fingerprint density at radius 2 is 1.90 bits per heavy atom. The van der Waals surface area contributed by atoms with Crippen molar-refractivity contribution in [3.8, 4) is 5.75 Å². The van der Waals surface area contributed by atoms with E-state index < -0.39 is 6.10 Å². The summed E-state index contributed by atoms with van der Waals surface area (Å²) < 4.78 is 5.87. The van der Waals surface area contributed by atoms with Crippen molar-refractivity contribution in [1.82, 2.24) is 0 Å². The van der Waals surface area contributed by atoms with Crippen LogP contribution < -0.4 is 10.1 Å². The number of fused-ring (bicyclic) bond motifs is 1. The van der Waals surface area contributed by atoms with E-state index in [-0.39, 0.29) is 5.91 Å². The number of amides is 1. The first-order chi connectivity index (χ1) is 10.3. The third-order valence-electron chi connectivity index (χ3n) is 3.85. The second-order valence-corrected chi connectivity index (χ2v) is 5.29. The topological polar surface area (TPSA) is 38.3 Å². The molecule has 108 valence electrons. The van der Waals surface area contributed by atoms with Crippen molar-refractivity contribution in [3.05, 3.63) is 59.7 Å². The van der Waals surface area contributed by atoms with E-state index >= 15 is 0 Å². The summed E-state index contributed by atoms with van der Waals surface area (Å²) in [6, 6.07) is 15.9. The van der Waals surface area contributed by atoms with Crippen molar-refractivity contribution in [2.75, 3.05) is 5.32 Å². The molecule has 2 aromatic rings. The average molecular weight is 281 g/mol. The molecule has 1 heterocycles. The van der Waals surface area contributed by atoms with Crippen molar-refractivity contribution < 1.29 is 9.53 Å². The van der Waals surface area contributed by atoms with Crippen LogP contribution in [0.1, 0.15) is 24.5 Å². The van der Waals surface area contributed by atoms with Gasteiger partial charge in [-0.25, -0.2) is 0 Å². The third-order valence-corrected chi connectivity index (χ3v) is 3.85. The molecular weight excluding hydrogens is 262 g/mol. The summed E-state index contributed by atoms with van der Waals surface area (Å²) in [4.78, 5) is 12.3. The highest BCUT2D eigenvalue weighted by atomic mass is 16.5. The van der Waals surface area contributed by atoms with Crippen molar-refractivity contribution in [2.24, 2.45) is 0 Å². The number of carbonyl (C=O) groups excluding carboxylic acids is 1. The van der Waals surface area contributed by atoms with Crippen LogP contribution in [0.5, 0.6) is 5.75 Å². The van der Waals surface area contributed by atoms with Gasteiger partial charge in [0.2, 0.25) is 0 Å². The Kier molecular flexibility index (Phi) is 3.91. The Morgan fingerprint density at radius 1 is 1.14 bits per heavy atom. The lowest BCUT2D eigenvalue weighted by Crippen LogP contribution is -2.31. The molecule has 21 heavy (non-hydrogen) atoms. The lowest BCUT2D eigenvalue weighted by atomic mass is 10.1. The van der Waals surface area contributed by atoms with Gasteiger partial charge in [0.05, 0.1) is 0 Å². The zero-order valence-corrected chi connectivity index (χ0v) is 12.1. The van der Waals surface area contributed by atoms with Crippen LogP contribution >= 0.6 is 0 Å². The first-order valence-electron chi connectivity index (χ1n) is 7.40. The summed E-state index contributed by atoms with van der Waals surface area (Å²) in [7, 11) is 0. The van der Waals surface area contributed by atoms with Crippen molar-refractivity contribution in [2.45, 2.75) is 32.3 Å². The van der Waals surface area contributed by atoms with Gasteiger partial charge in [-0.3, -0.25) is 4.79 Å². The third kappa shape index (κ3) is 3.07. The fourth-order valence-corrected chi connectivity index (χ4v) is 2.57. The maximum atomic E-state index is 12.3. The van der Waals surface area contributed by atoms with Crippen LogP contribution in [0.3, 0.4) is 0 Å². The molecule has 0 spiro atoms. The summed E-state index contributed by atoms with van der Waals surface area (Å²) in [5.74, 6) is 0.679. The zero-order chi connectivity index (χ0) is 14.7. The average Bonchev–Trinajstić information content (AvgIpc) is 2.67. The number of ether oxygens (including phenoxy) is 1. The first kappa shape index (κ1) is 13.7. The van der Waals surface area contributed by atoms with Gasteiger partial charge in [-0.2, -0.15) is 0 Å². The molecular formula is C18H19NO2. The van der Waals surface area contributed by atoms with Crippen molar-refractivity contribution >= 4 is 11.6 Å². The molecule has 0 saturated heterocycles. The van der Waals surface area contributed by atoms with Crippen LogP contribution in [0, 0.1) is 0 Å². The molecule has 3 nitrogen and oxygen atoms in total. The number of anilines is 1. The first-order valence-corrected chi connectivity index (χ1v) is 7.40. The summed E-state index contributed by atoms with van der Waals surface area (Å²) in [6.45, 7) is 2.12. The van der Waals surface area contributed by atoms with E-state index in [1.165, 1.54) is 11.1 Å². The Morgan fingerprint density at radius 3 is 2.67 bits per heavy atom. The molecule has 1 N–H and O–H groups in total. The molecule has 0 saturated carbocycles. The van der Waals surface area contributed by atoms with E-state index in [1.54, 1.807) is 0 Å². The van der Waals surface area contributed by atoms with Gasteiger partial charge >= 0.3 is 0 Å². The molecule has 1 atom stereocenters. The molecule has 2 aromatic carbocycles. The quantitative estimate of drug-likeness (QED) is 0.933. The maximum Gasteiger partial charge on any atom is 0.265 e. The molecule has 1 aliphatic heterocycles. The molecule has 1 aliphatic rings. The van der Waals surface area contributed by atoms with E-state index in [9.17, 15) is 4.79 Å². The van der Waals surface area contributed by atoms with Crippen LogP contribution in [-0.4, -0.2) is 12.0 Å². The second kappa shape index (κ2) is 6.00. The second-order valence-electron chi connectivity index (χ2n) is 5.29. The van der Waals surface area contributed by atoms with Crippen LogP contribution in [0.25, 0.3) is 0 Å². The predicted octanol–water partition coefficient (Wildman–Crippen LogP) is 3.58. The van der Waals surface area contributed by atoms with Gasteiger partial charge in [-0.15, -0.1) is 0 Å². The molecule has 3 heteroatoms. The smallest absolute Gasteiger partial charge is 0.265 e. The number of rotatable bonds is 3. The van der Waals surface area contributed by atoms with Gasteiger partial charge in [-0.05, 0) is 48.6 Å². The van der Waals surface area contributed by atoms with Gasteiger partial charge in [-0.1, -0.05) is 37.3 Å². The summed E-state index contributed by atoms with van der Waals surface area (Å²) >= 11 is 0. The Balaban J connectivity index is 1.73. The minimum absolute atomic E-state index is 0.0699. The summed E-state index contributed by atoms with van der Waals surface area (Å²) in [6.07, 6.45) is 2.09. The van der Waals surface area contributed by atoms with Crippen LogP contribution in [0.2, 0.25) is 0 Å². The molecule has 0 fully saturated rings. The molecule has 1 amide bonds. The normalized spacial score (nSPS) is 17.6. The van der Waals surface area contributed by atoms with Gasteiger partial charge in [0.15, 0.2) is 6.10 Å². The number of nitrogens with one attached hydrogen (secondary N) is 1. The molecule has 1 unspecified atom stereocenters. The monoisotopic (exact) mass is 281 g/mol. The Bertz CT molecular complexity index is 634. The predicted molar refractivity (Wildman–Crippen MR) is 83.6 cm³/mol. The lowest BCUT2D eigenvalue weighted by molar-refractivity contribution is -0.122. The van der Waals surface area contributed by atoms with Crippen molar-refractivity contribution in [1.29, 1.82) is 0 Å². The van der Waals surface area contributed by atoms with E-state index in [0.717, 1.165) is 24.3 Å². The standard InChI is InChI=1S/C18H19NO2/c1-2-13-7-10-15(11-8-13)21-17-12-9-14-5-3-4-6-16(14)19-18(17)20/h3-8,10-11,17H,2,9,12H2,1H3,(H,19,20). The number of aryl methyl sites for hydroxylation is 2. The zero-order valence-electron chi connectivity index (χ0n) is 12.1. The highest BCUT2D eigenvalue weighted by molar-refractivity contribution is 5.95. The summed E-state index contributed by atoms with van der Waals surface area (Å²) in [5, 5.41) is 2.95. The fraction of sp³-hybridized carbons (Fsp3) is 0.278. The van der Waals surface area contributed by atoms with Gasteiger partial charge in [0.1, 0.15) is 5.75 Å². The summed E-state index contributed by atoms with van der Waals surface area (Å²) in [5.41, 5.74) is 3.33. The lowest BCUT2D eigenvalue weighted by Gasteiger charge is -2.16. The molecule has 0 aromatic heterocycles. The van der Waals surface area contributed by atoms with E-state index in [1.807, 2.05) is 48.5 Å². The Hall–Kier alpha value is -2.29. The fourth-order valence-electron chi connectivity index (χ4n) is 2.57. The number of hydrogen-bond acceptors (Lipinski definition) is 2. The highest BCUT2D eigenvalue weighted by Gasteiger charge is 2.24. The number of carbonyl (C=O) groups is 1. The molecule has 0 aliphatic carbocycles. The minimum Gasteiger partial charge on any atom is -0.481 e. The SMILES string of the molecule is CCc1ccc(OC2CCc3ccccc3NC2=O)cc1. The van der Waals surface area contributed by atoms with Gasteiger partial charge in [0.25, 0.3) is 5.91 Å². The largest absolute Gasteiger partial charge is 0.481 e. The van der Waals surface area contributed by atoms with E-state index in [2.05, 4.69) is 12.2 Å². The van der Waals surface area contributed by atoms with Crippen LogP contribution in [0.15, 0.2) is 48.5 Å². The van der Waals surface area contributed by atoms with E-state index in [0.29, 0.717) is 6.42 Å². The maximum absolute atomic E-state index is 12.3. The molecule has 3 rings (SSSR count). The highest BCUT2D eigenvalue weighted by Crippen LogP contribution is 2.24. The van der Waals surface area contributed by atoms with Crippen LogP contribution in [-0.2, 0) is 17.6 Å². The van der Waals surface area contributed by atoms with Gasteiger partial charge < -0.3 is 10.1 Å². The number of para-hydroxylation sites is 1. The van der Waals surface area contributed by atoms with Crippen molar-refractivity contribution in [3.63, 3.8) is 0 Å². The van der Waals surface area contributed by atoms with Gasteiger partial charge in [0, 0.05) is 5.69 Å². The minimum atomic E-state index is -0.440.